The summed E-state index contributed by atoms with van der Waals surface area (Å²) in [6, 6.07) is 8.70. The van der Waals surface area contributed by atoms with Gasteiger partial charge in [0.05, 0.1) is 0 Å². The number of rotatable bonds is 5. The summed E-state index contributed by atoms with van der Waals surface area (Å²) in [5, 5.41) is 3.60. The molecule has 1 aliphatic rings. The zero-order chi connectivity index (χ0) is 15.5. The van der Waals surface area contributed by atoms with E-state index in [0.717, 1.165) is 38.0 Å². The molecule has 116 valence electrons. The lowest BCUT2D eigenvalue weighted by molar-refractivity contribution is -0.126. The molecule has 3 heteroatoms. The maximum atomic E-state index is 12.8. The number of benzene rings is 1. The summed E-state index contributed by atoms with van der Waals surface area (Å²) in [5.41, 5.74) is 2.05. The first-order valence-electron chi connectivity index (χ1n) is 8.15. The van der Waals surface area contributed by atoms with Gasteiger partial charge in [-0.05, 0) is 37.4 Å². The molecule has 0 aliphatic carbocycles. The highest BCUT2D eigenvalue weighted by Gasteiger charge is 2.35. The molecule has 1 atom stereocenters. The van der Waals surface area contributed by atoms with E-state index in [-0.39, 0.29) is 11.3 Å². The summed E-state index contributed by atoms with van der Waals surface area (Å²) in [6.45, 7) is 10.2. The summed E-state index contributed by atoms with van der Waals surface area (Å²) >= 11 is 0. The number of hydrogen-bond donors (Lipinski definition) is 1. The molecule has 1 heterocycles. The first-order chi connectivity index (χ1) is 10.0. The largest absolute Gasteiger partial charge is 0.312 e. The molecule has 21 heavy (non-hydrogen) atoms. The fourth-order valence-corrected chi connectivity index (χ4v) is 2.82. The molecule has 1 unspecified atom stereocenters. The molecule has 0 saturated heterocycles. The number of hydrogen-bond acceptors (Lipinski definition) is 2. The fourth-order valence-electron chi connectivity index (χ4n) is 2.82. The smallest absolute Gasteiger partial charge is 0.232 e. The molecule has 1 aliphatic heterocycles. The lowest BCUT2D eigenvalue weighted by atomic mass is 9.86. The number of amides is 1. The molecule has 0 fully saturated rings. The van der Waals surface area contributed by atoms with Gasteiger partial charge in [-0.15, -0.1) is 0 Å². The molecule has 1 aromatic rings. The van der Waals surface area contributed by atoms with Gasteiger partial charge in [0.25, 0.3) is 0 Å². The van der Waals surface area contributed by atoms with Gasteiger partial charge in [0.1, 0.15) is 0 Å². The zero-order valence-electron chi connectivity index (χ0n) is 13.8. The van der Waals surface area contributed by atoms with Crippen LogP contribution in [0.15, 0.2) is 24.3 Å². The van der Waals surface area contributed by atoms with Gasteiger partial charge < -0.3 is 10.2 Å². The summed E-state index contributed by atoms with van der Waals surface area (Å²) in [4.78, 5) is 14.8. The Labute approximate surface area is 128 Å². The third-order valence-electron chi connectivity index (χ3n) is 4.59. The number of carbonyl (C=O) groups excluding carboxylic acids is 1. The number of fused-ring (bicyclic) bond motifs is 1. The van der Waals surface area contributed by atoms with Gasteiger partial charge in [-0.3, -0.25) is 4.79 Å². The van der Waals surface area contributed by atoms with Crippen LogP contribution in [0.4, 0.5) is 5.69 Å². The number of nitrogens with one attached hydrogen (secondary N) is 1. The molecule has 0 bridgehead atoms. The third-order valence-corrected chi connectivity index (χ3v) is 4.59. The number of carbonyl (C=O) groups is 1. The Balaban J connectivity index is 2.29. The summed E-state index contributed by atoms with van der Waals surface area (Å²) < 4.78 is 0. The van der Waals surface area contributed by atoms with Crippen molar-refractivity contribution in [2.75, 3.05) is 18.0 Å². The van der Waals surface area contributed by atoms with Crippen LogP contribution in [-0.4, -0.2) is 19.0 Å². The topological polar surface area (TPSA) is 32.3 Å². The number of para-hydroxylation sites is 1. The Morgan fingerprint density at radius 1 is 1.33 bits per heavy atom. The van der Waals surface area contributed by atoms with Crippen LogP contribution in [0.5, 0.6) is 0 Å². The van der Waals surface area contributed by atoms with Crippen LogP contribution in [0, 0.1) is 5.41 Å². The molecule has 0 radical (unpaired) electrons. The van der Waals surface area contributed by atoms with E-state index in [9.17, 15) is 4.79 Å². The normalized spacial score (nSPS) is 18.5. The van der Waals surface area contributed by atoms with Crippen molar-refractivity contribution in [3.63, 3.8) is 0 Å². The van der Waals surface area contributed by atoms with Crippen LogP contribution in [-0.2, 0) is 4.79 Å². The van der Waals surface area contributed by atoms with Crippen molar-refractivity contribution >= 4 is 11.6 Å². The first kappa shape index (κ1) is 16.0. The van der Waals surface area contributed by atoms with Crippen LogP contribution in [0.1, 0.15) is 58.6 Å². The second kappa shape index (κ2) is 6.61. The predicted octanol–water partition coefficient (Wildman–Crippen LogP) is 3.90. The van der Waals surface area contributed by atoms with Crippen LogP contribution in [0.25, 0.3) is 0 Å². The summed E-state index contributed by atoms with van der Waals surface area (Å²) in [6.07, 6.45) is 2.98. The van der Waals surface area contributed by atoms with Gasteiger partial charge in [0.15, 0.2) is 0 Å². The van der Waals surface area contributed by atoms with Gasteiger partial charge in [0.2, 0.25) is 5.91 Å². The van der Waals surface area contributed by atoms with Crippen LogP contribution >= 0.6 is 0 Å². The minimum atomic E-state index is -0.295. The van der Waals surface area contributed by atoms with E-state index in [1.807, 2.05) is 24.8 Å². The average Bonchev–Trinajstić information content (AvgIpc) is 2.51. The molecule has 2 rings (SSSR count). The molecule has 1 aromatic carbocycles. The van der Waals surface area contributed by atoms with E-state index in [0.29, 0.717) is 6.04 Å². The highest BCUT2D eigenvalue weighted by atomic mass is 16.2. The van der Waals surface area contributed by atoms with E-state index in [2.05, 4.69) is 37.4 Å². The Hall–Kier alpha value is -1.35. The zero-order valence-corrected chi connectivity index (χ0v) is 13.8. The highest BCUT2D eigenvalue weighted by Crippen LogP contribution is 2.36. The molecule has 1 N–H and O–H groups in total. The molecule has 1 amide bonds. The Bertz CT molecular complexity index is 496. The maximum Gasteiger partial charge on any atom is 0.232 e. The molecule has 0 aromatic heterocycles. The van der Waals surface area contributed by atoms with Crippen molar-refractivity contribution in [3.8, 4) is 0 Å². The van der Waals surface area contributed by atoms with Crippen molar-refractivity contribution in [1.29, 1.82) is 0 Å². The van der Waals surface area contributed by atoms with E-state index in [1.165, 1.54) is 5.56 Å². The van der Waals surface area contributed by atoms with Gasteiger partial charge in [-0.2, -0.15) is 0 Å². The minimum Gasteiger partial charge on any atom is -0.312 e. The third kappa shape index (κ3) is 3.29. The van der Waals surface area contributed by atoms with Crippen LogP contribution in [0.2, 0.25) is 0 Å². The number of nitrogens with zero attached hydrogens (tertiary/aromatic N) is 1. The second-order valence-electron chi connectivity index (χ2n) is 6.55. The number of anilines is 1. The molecule has 0 saturated carbocycles. The second-order valence-corrected chi connectivity index (χ2v) is 6.55. The average molecular weight is 288 g/mol. The van der Waals surface area contributed by atoms with Crippen molar-refractivity contribution < 1.29 is 4.79 Å². The Kier molecular flexibility index (Phi) is 5.04. The van der Waals surface area contributed by atoms with Crippen LogP contribution in [0.3, 0.4) is 0 Å². The molecule has 3 nitrogen and oxygen atoms in total. The van der Waals surface area contributed by atoms with Crippen LogP contribution < -0.4 is 10.2 Å². The Morgan fingerprint density at radius 3 is 2.71 bits per heavy atom. The SMILES string of the molecule is CCCNC1CCN(C(=O)C(C)(C)CC)c2ccccc21. The van der Waals surface area contributed by atoms with E-state index < -0.39 is 0 Å². The maximum absolute atomic E-state index is 12.8. The Morgan fingerprint density at radius 2 is 2.05 bits per heavy atom. The minimum absolute atomic E-state index is 0.242. The van der Waals surface area contributed by atoms with Gasteiger partial charge >= 0.3 is 0 Å². The van der Waals surface area contributed by atoms with Gasteiger partial charge in [-0.1, -0.05) is 45.9 Å². The standard InChI is InChI=1S/C18H28N2O/c1-5-12-19-15-11-13-20(17(21)18(3,4)6-2)16-10-8-7-9-14(15)16/h7-10,15,19H,5-6,11-13H2,1-4H3. The first-order valence-corrected chi connectivity index (χ1v) is 8.15. The van der Waals surface area contributed by atoms with Crippen molar-refractivity contribution in [1.82, 2.24) is 5.32 Å². The summed E-state index contributed by atoms with van der Waals surface area (Å²) in [5.74, 6) is 0.242. The highest BCUT2D eigenvalue weighted by molar-refractivity contribution is 5.98. The lowest BCUT2D eigenvalue weighted by Crippen LogP contribution is -2.45. The quantitative estimate of drug-likeness (QED) is 0.891. The van der Waals surface area contributed by atoms with E-state index in [1.54, 1.807) is 0 Å². The van der Waals surface area contributed by atoms with Crippen molar-refractivity contribution in [2.24, 2.45) is 5.41 Å². The van der Waals surface area contributed by atoms with Gasteiger partial charge in [-0.25, -0.2) is 0 Å². The van der Waals surface area contributed by atoms with E-state index >= 15 is 0 Å². The molecular weight excluding hydrogens is 260 g/mol. The van der Waals surface area contributed by atoms with Gasteiger partial charge in [0, 0.05) is 23.7 Å². The fraction of sp³-hybridized carbons (Fsp3) is 0.611. The lowest BCUT2D eigenvalue weighted by Gasteiger charge is -2.38. The van der Waals surface area contributed by atoms with E-state index in [4.69, 9.17) is 0 Å². The van der Waals surface area contributed by atoms with Crippen molar-refractivity contribution in [2.45, 2.75) is 53.0 Å². The summed E-state index contributed by atoms with van der Waals surface area (Å²) in [7, 11) is 0. The molecular formula is C18H28N2O. The van der Waals surface area contributed by atoms with Crippen molar-refractivity contribution in [3.05, 3.63) is 29.8 Å². The predicted molar refractivity (Wildman–Crippen MR) is 88.5 cm³/mol. The monoisotopic (exact) mass is 288 g/mol. The molecule has 0 spiro atoms.